The van der Waals surface area contributed by atoms with Crippen LogP contribution in [-0.2, 0) is 13.0 Å². The molecule has 0 unspecified atom stereocenters. The SMILES string of the molecule is COc1ccc(CNc2ccnc(NCCc3ccc(F)cc3)n2)cc1. The number of benzene rings is 2. The summed E-state index contributed by atoms with van der Waals surface area (Å²) in [5, 5.41) is 6.47. The minimum atomic E-state index is -0.222. The van der Waals surface area contributed by atoms with Gasteiger partial charge in [0.2, 0.25) is 5.95 Å². The van der Waals surface area contributed by atoms with Crippen LogP contribution < -0.4 is 15.4 Å². The molecule has 0 saturated carbocycles. The Bertz CT molecular complexity index is 822. The number of aromatic nitrogens is 2. The Morgan fingerprint density at radius 3 is 2.38 bits per heavy atom. The fourth-order valence-electron chi connectivity index (χ4n) is 2.45. The number of nitrogens with one attached hydrogen (secondary N) is 2. The molecular formula is C20H21FN4O. The first-order chi connectivity index (χ1) is 12.7. The molecular weight excluding hydrogens is 331 g/mol. The summed E-state index contributed by atoms with van der Waals surface area (Å²) in [4.78, 5) is 8.67. The lowest BCUT2D eigenvalue weighted by Crippen LogP contribution is -2.09. The Morgan fingerprint density at radius 2 is 1.65 bits per heavy atom. The van der Waals surface area contributed by atoms with E-state index in [9.17, 15) is 4.39 Å². The predicted octanol–water partition coefficient (Wildman–Crippen LogP) is 3.89. The summed E-state index contributed by atoms with van der Waals surface area (Å²) in [5.74, 6) is 1.93. The van der Waals surface area contributed by atoms with Crippen LogP contribution in [0.5, 0.6) is 5.75 Å². The van der Waals surface area contributed by atoms with Gasteiger partial charge in [0.05, 0.1) is 7.11 Å². The van der Waals surface area contributed by atoms with E-state index in [4.69, 9.17) is 4.74 Å². The number of anilines is 2. The monoisotopic (exact) mass is 352 g/mol. The van der Waals surface area contributed by atoms with E-state index in [0.29, 0.717) is 19.0 Å². The van der Waals surface area contributed by atoms with Crippen LogP contribution in [0.25, 0.3) is 0 Å². The van der Waals surface area contributed by atoms with Crippen LogP contribution in [0.3, 0.4) is 0 Å². The Labute approximate surface area is 152 Å². The van der Waals surface area contributed by atoms with Crippen molar-refractivity contribution >= 4 is 11.8 Å². The van der Waals surface area contributed by atoms with E-state index in [-0.39, 0.29) is 5.82 Å². The topological polar surface area (TPSA) is 59.1 Å². The third-order valence-corrected chi connectivity index (χ3v) is 3.90. The number of hydrogen-bond donors (Lipinski definition) is 2. The third-order valence-electron chi connectivity index (χ3n) is 3.90. The van der Waals surface area contributed by atoms with Gasteiger partial charge < -0.3 is 15.4 Å². The summed E-state index contributed by atoms with van der Waals surface area (Å²) in [6, 6.07) is 16.2. The van der Waals surface area contributed by atoms with E-state index in [1.54, 1.807) is 25.4 Å². The van der Waals surface area contributed by atoms with Crippen LogP contribution in [0.2, 0.25) is 0 Å². The lowest BCUT2D eigenvalue weighted by atomic mass is 10.1. The quantitative estimate of drug-likeness (QED) is 0.644. The number of rotatable bonds is 8. The molecule has 0 aliphatic rings. The molecule has 134 valence electrons. The van der Waals surface area contributed by atoms with Gasteiger partial charge in [0.15, 0.2) is 0 Å². The molecule has 0 fully saturated rings. The predicted molar refractivity (Wildman–Crippen MR) is 101 cm³/mol. The number of methoxy groups -OCH3 is 1. The zero-order chi connectivity index (χ0) is 18.2. The van der Waals surface area contributed by atoms with E-state index in [1.165, 1.54) is 12.1 Å². The summed E-state index contributed by atoms with van der Waals surface area (Å²) in [6.07, 6.45) is 2.48. The first-order valence-corrected chi connectivity index (χ1v) is 8.41. The van der Waals surface area contributed by atoms with E-state index in [1.807, 2.05) is 30.3 Å². The Morgan fingerprint density at radius 1 is 0.923 bits per heavy atom. The zero-order valence-electron chi connectivity index (χ0n) is 14.6. The maximum absolute atomic E-state index is 12.9. The zero-order valence-corrected chi connectivity index (χ0v) is 14.6. The van der Waals surface area contributed by atoms with E-state index < -0.39 is 0 Å². The number of halogens is 1. The van der Waals surface area contributed by atoms with Gasteiger partial charge in [0.1, 0.15) is 17.4 Å². The second kappa shape index (κ2) is 8.80. The van der Waals surface area contributed by atoms with Crippen molar-refractivity contribution in [1.29, 1.82) is 0 Å². The van der Waals surface area contributed by atoms with Crippen LogP contribution in [0.1, 0.15) is 11.1 Å². The average Bonchev–Trinajstić information content (AvgIpc) is 2.69. The van der Waals surface area contributed by atoms with Crippen molar-refractivity contribution in [3.63, 3.8) is 0 Å². The van der Waals surface area contributed by atoms with E-state index in [2.05, 4.69) is 20.6 Å². The highest BCUT2D eigenvalue weighted by molar-refractivity contribution is 5.40. The molecule has 0 aliphatic carbocycles. The van der Waals surface area contributed by atoms with Crippen LogP contribution in [0.15, 0.2) is 60.8 Å². The first-order valence-electron chi connectivity index (χ1n) is 8.41. The van der Waals surface area contributed by atoms with E-state index in [0.717, 1.165) is 29.1 Å². The van der Waals surface area contributed by atoms with Crippen LogP contribution in [-0.4, -0.2) is 23.6 Å². The molecule has 0 amide bonds. The molecule has 6 heteroatoms. The Balaban J connectivity index is 1.49. The molecule has 3 rings (SSSR count). The minimum absolute atomic E-state index is 0.222. The van der Waals surface area contributed by atoms with E-state index >= 15 is 0 Å². The standard InChI is InChI=1S/C20H21FN4O/c1-26-18-8-4-16(5-9-18)14-24-19-11-13-23-20(25-19)22-12-10-15-2-6-17(21)7-3-15/h2-9,11,13H,10,12,14H2,1H3,(H2,22,23,24,25). The summed E-state index contributed by atoms with van der Waals surface area (Å²) < 4.78 is 18.1. The smallest absolute Gasteiger partial charge is 0.224 e. The number of ether oxygens (including phenoxy) is 1. The van der Waals surface area contributed by atoms with Gasteiger partial charge in [0, 0.05) is 19.3 Å². The molecule has 0 aliphatic heterocycles. The molecule has 0 atom stereocenters. The highest BCUT2D eigenvalue weighted by atomic mass is 19.1. The highest BCUT2D eigenvalue weighted by Crippen LogP contribution is 2.13. The van der Waals surface area contributed by atoms with Gasteiger partial charge in [-0.25, -0.2) is 9.37 Å². The Kier molecular flexibility index (Phi) is 5.98. The van der Waals surface area contributed by atoms with Gasteiger partial charge in [-0.3, -0.25) is 0 Å². The van der Waals surface area contributed by atoms with Crippen molar-refractivity contribution < 1.29 is 9.13 Å². The molecule has 2 aromatic carbocycles. The van der Waals surface area contributed by atoms with Gasteiger partial charge in [-0.2, -0.15) is 4.98 Å². The third kappa shape index (κ3) is 5.17. The van der Waals surface area contributed by atoms with Gasteiger partial charge >= 0.3 is 0 Å². The van der Waals surface area contributed by atoms with Crippen molar-refractivity contribution in [2.75, 3.05) is 24.3 Å². The molecule has 1 heterocycles. The van der Waals surface area contributed by atoms with Crippen LogP contribution >= 0.6 is 0 Å². The maximum Gasteiger partial charge on any atom is 0.224 e. The van der Waals surface area contributed by atoms with Crippen molar-refractivity contribution in [3.8, 4) is 5.75 Å². The normalized spacial score (nSPS) is 10.4. The molecule has 1 aromatic heterocycles. The average molecular weight is 352 g/mol. The molecule has 0 saturated heterocycles. The fourth-order valence-corrected chi connectivity index (χ4v) is 2.45. The highest BCUT2D eigenvalue weighted by Gasteiger charge is 2.01. The first kappa shape index (κ1) is 17.7. The molecule has 0 bridgehead atoms. The Hall–Kier alpha value is -3.15. The van der Waals surface area contributed by atoms with Gasteiger partial charge in [-0.05, 0) is 47.9 Å². The largest absolute Gasteiger partial charge is 0.497 e. The summed E-state index contributed by atoms with van der Waals surface area (Å²) in [5.41, 5.74) is 2.20. The molecule has 2 N–H and O–H groups in total. The second-order valence-corrected chi connectivity index (χ2v) is 5.77. The van der Waals surface area contributed by atoms with Crippen molar-refractivity contribution in [1.82, 2.24) is 9.97 Å². The maximum atomic E-state index is 12.9. The molecule has 3 aromatic rings. The minimum Gasteiger partial charge on any atom is -0.497 e. The number of hydrogen-bond acceptors (Lipinski definition) is 5. The lowest BCUT2D eigenvalue weighted by Gasteiger charge is -2.09. The summed E-state index contributed by atoms with van der Waals surface area (Å²) >= 11 is 0. The van der Waals surface area contributed by atoms with Gasteiger partial charge in [0.25, 0.3) is 0 Å². The number of nitrogens with zero attached hydrogens (tertiary/aromatic N) is 2. The van der Waals surface area contributed by atoms with Gasteiger partial charge in [-0.1, -0.05) is 24.3 Å². The van der Waals surface area contributed by atoms with Crippen molar-refractivity contribution in [2.45, 2.75) is 13.0 Å². The molecule has 0 spiro atoms. The second-order valence-electron chi connectivity index (χ2n) is 5.77. The summed E-state index contributed by atoms with van der Waals surface area (Å²) in [6.45, 7) is 1.34. The van der Waals surface area contributed by atoms with Crippen molar-refractivity contribution in [2.24, 2.45) is 0 Å². The fraction of sp³-hybridized carbons (Fsp3) is 0.200. The molecule has 26 heavy (non-hydrogen) atoms. The lowest BCUT2D eigenvalue weighted by molar-refractivity contribution is 0.414. The molecule has 5 nitrogen and oxygen atoms in total. The van der Waals surface area contributed by atoms with Crippen LogP contribution in [0.4, 0.5) is 16.2 Å². The van der Waals surface area contributed by atoms with Gasteiger partial charge in [-0.15, -0.1) is 0 Å². The van der Waals surface area contributed by atoms with Crippen LogP contribution in [0, 0.1) is 5.82 Å². The van der Waals surface area contributed by atoms with Crippen molar-refractivity contribution in [3.05, 3.63) is 77.7 Å². The summed E-state index contributed by atoms with van der Waals surface area (Å²) in [7, 11) is 1.65. The molecule has 0 radical (unpaired) electrons.